The largest absolute Gasteiger partial charge is 0.460 e. The molecule has 2 saturated heterocycles. The van der Waals surface area contributed by atoms with Crippen molar-refractivity contribution in [3.05, 3.63) is 72.9 Å². The number of carbonyl (C=O) groups excluding carboxylic acids is 6. The van der Waals surface area contributed by atoms with Crippen molar-refractivity contribution >= 4 is 35.8 Å². The average molecular weight is 1200 g/mol. The first-order chi connectivity index (χ1) is 39.0. The molecule has 0 aromatic carbocycles. The second kappa shape index (κ2) is 37.8. The first-order valence-corrected chi connectivity index (χ1v) is 25.9. The summed E-state index contributed by atoms with van der Waals surface area (Å²) in [5.74, 6) is -5.09. The summed E-state index contributed by atoms with van der Waals surface area (Å²) in [6.45, 7) is 19.8. The van der Waals surface area contributed by atoms with Gasteiger partial charge in [-0.05, 0) is 41.5 Å². The molecule has 2 rings (SSSR count). The Hall–Kier alpha value is -5.42. The molecule has 0 aromatic heterocycles. The lowest BCUT2D eigenvalue weighted by Crippen LogP contribution is -2.66. The number of carbonyl (C=O) groups is 6. The molecule has 0 radical (unpaired) electrons. The Kier molecular flexibility index (Phi) is 33.6. The van der Waals surface area contributed by atoms with Crippen LogP contribution in [-0.2, 0) is 99.8 Å². The van der Waals surface area contributed by atoms with E-state index in [1.54, 1.807) is 0 Å². The van der Waals surface area contributed by atoms with E-state index in [1.165, 1.54) is 41.5 Å². The molecule has 2 aliphatic heterocycles. The van der Waals surface area contributed by atoms with Gasteiger partial charge in [-0.25, -0.2) is 28.8 Å². The fourth-order valence-electron chi connectivity index (χ4n) is 6.86. The van der Waals surface area contributed by atoms with Crippen molar-refractivity contribution in [2.24, 2.45) is 0 Å². The molecule has 16 atom stereocenters. The molecule has 8 N–H and O–H groups in total. The molecule has 0 aromatic rings. The minimum atomic E-state index is -2.08. The standard InChI is InChI=1S/C54H82O29/c1-27(2)47(63)75-20-33(56)14-69-26-40-43(71-16-35(58)22-77-49(65)29(5)6)44(72-17-36(59)23-78-50(66)30(7)8)41(62)53(82-40)83-54-46(74-19-38(61)25-80-52(68)32(11)12)45(73-18-37(60)24-79-51(67)31(9)10)42(39(13-55)81-54)70-15-34(57)21-76-48(64)28(3)4/h33-46,53-62H,1,3,5,7,9,11,13-26H2,2,4,6,8,10,12H3/t33?,34?,35?,36?,37?,38?,39-,40-,41-,42-,43-,44-,45+,46-,53-,54-/m1/s1. The second-order valence-electron chi connectivity index (χ2n) is 19.6. The number of aliphatic hydroxyl groups is 8. The highest BCUT2D eigenvalue weighted by atomic mass is 16.8. The SMILES string of the molecule is C=C(C)C(=O)OCC(O)COC[C@H]1O[C@H](O[C@H]2O[C@H](CO)[C@@H](OCC(O)COC(=O)C(=C)C)[C@H](OCC(O)COC(=O)C(=C)C)[C@H]2OCC(O)COC(=O)C(=C)C)[C@H](O)[C@@H](OCC(O)COC(=O)C(=C)C)[C@@H]1OCC(O)COC(=O)C(=C)C. The van der Waals surface area contributed by atoms with Crippen LogP contribution in [0, 0.1) is 0 Å². The minimum Gasteiger partial charge on any atom is -0.460 e. The maximum atomic E-state index is 12.3. The predicted molar refractivity (Wildman–Crippen MR) is 282 cm³/mol. The Morgan fingerprint density at radius 1 is 0.373 bits per heavy atom. The molecule has 472 valence electrons. The van der Waals surface area contributed by atoms with Crippen LogP contribution < -0.4 is 0 Å². The summed E-state index contributed by atoms with van der Waals surface area (Å²) >= 11 is 0. The monoisotopic (exact) mass is 1190 g/mol. The fraction of sp³-hybridized carbons (Fsp3) is 0.667. The van der Waals surface area contributed by atoms with E-state index in [0.717, 1.165) is 0 Å². The zero-order valence-electron chi connectivity index (χ0n) is 47.5. The van der Waals surface area contributed by atoms with Crippen LogP contribution in [0.4, 0.5) is 0 Å². The van der Waals surface area contributed by atoms with Crippen molar-refractivity contribution in [3.8, 4) is 0 Å². The molecule has 0 spiro atoms. The van der Waals surface area contributed by atoms with Gasteiger partial charge < -0.3 is 112 Å². The van der Waals surface area contributed by atoms with Crippen molar-refractivity contribution in [2.45, 2.75) is 140 Å². The molecule has 29 heteroatoms. The van der Waals surface area contributed by atoms with Crippen molar-refractivity contribution in [3.63, 3.8) is 0 Å². The van der Waals surface area contributed by atoms with Crippen LogP contribution in [0.1, 0.15) is 41.5 Å². The van der Waals surface area contributed by atoms with Crippen LogP contribution in [0.15, 0.2) is 72.9 Å². The lowest BCUT2D eigenvalue weighted by molar-refractivity contribution is -0.390. The maximum Gasteiger partial charge on any atom is 0.333 e. The topological polar surface area (TPSA) is 403 Å². The Balaban J connectivity index is 2.80. The van der Waals surface area contributed by atoms with Gasteiger partial charge in [-0.3, -0.25) is 0 Å². The summed E-state index contributed by atoms with van der Waals surface area (Å²) in [6.07, 6.45) is -26.8. The van der Waals surface area contributed by atoms with Crippen LogP contribution >= 0.6 is 0 Å². The van der Waals surface area contributed by atoms with Gasteiger partial charge >= 0.3 is 35.8 Å². The van der Waals surface area contributed by atoms with Gasteiger partial charge in [0.2, 0.25) is 0 Å². The number of hydrogen-bond acceptors (Lipinski definition) is 29. The van der Waals surface area contributed by atoms with E-state index in [-0.39, 0.29) is 33.4 Å². The molecule has 0 aliphatic carbocycles. The molecule has 0 amide bonds. The lowest BCUT2D eigenvalue weighted by atomic mass is 9.97. The Morgan fingerprint density at radius 2 is 0.639 bits per heavy atom. The Bertz CT molecular complexity index is 2180. The van der Waals surface area contributed by atoms with Crippen molar-refractivity contribution in [1.82, 2.24) is 0 Å². The van der Waals surface area contributed by atoms with Crippen LogP contribution in [0.5, 0.6) is 0 Å². The van der Waals surface area contributed by atoms with Crippen LogP contribution in [0.3, 0.4) is 0 Å². The molecular formula is C54H82O29. The normalized spacial score (nSPS) is 24.5. The summed E-state index contributed by atoms with van der Waals surface area (Å²) in [7, 11) is 0. The van der Waals surface area contributed by atoms with Crippen molar-refractivity contribution in [1.29, 1.82) is 0 Å². The van der Waals surface area contributed by atoms with Crippen LogP contribution in [0.25, 0.3) is 0 Å². The third-order valence-electron chi connectivity index (χ3n) is 11.2. The van der Waals surface area contributed by atoms with Gasteiger partial charge in [-0.1, -0.05) is 39.5 Å². The van der Waals surface area contributed by atoms with Gasteiger partial charge in [-0.15, -0.1) is 0 Å². The van der Waals surface area contributed by atoms with Crippen LogP contribution in [-0.4, -0.2) is 267 Å². The highest BCUT2D eigenvalue weighted by molar-refractivity contribution is 5.88. The zero-order chi connectivity index (χ0) is 62.7. The molecule has 0 saturated carbocycles. The molecule has 83 heavy (non-hydrogen) atoms. The predicted octanol–water partition coefficient (Wildman–Crippen LogP) is -2.37. The number of ether oxygens (including phenoxy) is 15. The molecular weight excluding hydrogens is 1110 g/mol. The van der Waals surface area contributed by atoms with E-state index in [0.29, 0.717) is 0 Å². The van der Waals surface area contributed by atoms with Crippen molar-refractivity contribution in [2.75, 3.05) is 92.5 Å². The highest BCUT2D eigenvalue weighted by Crippen LogP contribution is 2.34. The fourth-order valence-corrected chi connectivity index (χ4v) is 6.86. The second-order valence-corrected chi connectivity index (χ2v) is 19.6. The minimum absolute atomic E-state index is 0.000317. The molecule has 2 heterocycles. The first-order valence-electron chi connectivity index (χ1n) is 25.9. The number of esters is 6. The van der Waals surface area contributed by atoms with E-state index in [2.05, 4.69) is 39.5 Å². The number of aliphatic hydroxyl groups excluding tert-OH is 8. The van der Waals surface area contributed by atoms with Gasteiger partial charge in [0.15, 0.2) is 12.6 Å². The van der Waals surface area contributed by atoms with Gasteiger partial charge in [0.05, 0.1) is 52.9 Å². The smallest absolute Gasteiger partial charge is 0.333 e. The van der Waals surface area contributed by atoms with Crippen LogP contribution in [0.2, 0.25) is 0 Å². The maximum absolute atomic E-state index is 12.3. The van der Waals surface area contributed by atoms with Gasteiger partial charge in [-0.2, -0.15) is 0 Å². The third kappa shape index (κ3) is 27.0. The van der Waals surface area contributed by atoms with Gasteiger partial charge in [0, 0.05) is 33.4 Å². The average Bonchev–Trinajstić information content (AvgIpc) is 3.62. The van der Waals surface area contributed by atoms with Gasteiger partial charge in [0.25, 0.3) is 0 Å². The van der Waals surface area contributed by atoms with E-state index >= 15 is 0 Å². The molecule has 29 nitrogen and oxygen atoms in total. The molecule has 0 bridgehead atoms. The summed E-state index contributed by atoms with van der Waals surface area (Å²) in [6, 6.07) is 0. The molecule has 6 unspecified atom stereocenters. The number of hydrogen-bond donors (Lipinski definition) is 8. The number of rotatable bonds is 40. The summed E-state index contributed by atoms with van der Waals surface area (Å²) in [5, 5.41) is 88.5. The van der Waals surface area contributed by atoms with Gasteiger partial charge in [0.1, 0.15) is 125 Å². The van der Waals surface area contributed by atoms with E-state index < -0.39 is 226 Å². The quantitative estimate of drug-likeness (QED) is 0.0181. The molecule has 2 fully saturated rings. The lowest BCUT2D eigenvalue weighted by Gasteiger charge is -2.49. The third-order valence-corrected chi connectivity index (χ3v) is 11.2. The highest BCUT2D eigenvalue weighted by Gasteiger charge is 2.54. The van der Waals surface area contributed by atoms with E-state index in [4.69, 9.17) is 71.1 Å². The summed E-state index contributed by atoms with van der Waals surface area (Å²) < 4.78 is 85.4. The Labute approximate surface area is 480 Å². The van der Waals surface area contributed by atoms with Crippen molar-refractivity contribution < 1.29 is 141 Å². The van der Waals surface area contributed by atoms with E-state index in [9.17, 15) is 69.6 Å². The zero-order valence-corrected chi connectivity index (χ0v) is 47.5. The molecule has 2 aliphatic rings. The Morgan fingerprint density at radius 3 is 0.952 bits per heavy atom. The summed E-state index contributed by atoms with van der Waals surface area (Å²) in [4.78, 5) is 73.0. The summed E-state index contributed by atoms with van der Waals surface area (Å²) in [5.41, 5.74) is 0.0656. The van der Waals surface area contributed by atoms with E-state index in [1.807, 2.05) is 0 Å². The first kappa shape index (κ1) is 73.7.